The predicted octanol–water partition coefficient (Wildman–Crippen LogP) is 3.13. The molecule has 0 spiro atoms. The molecule has 1 aromatic heterocycles. The minimum absolute atomic E-state index is 0.185. The van der Waals surface area contributed by atoms with Crippen molar-refractivity contribution in [3.8, 4) is 0 Å². The van der Waals surface area contributed by atoms with E-state index < -0.39 is 0 Å². The van der Waals surface area contributed by atoms with Gasteiger partial charge in [-0.25, -0.2) is 9.07 Å². The van der Waals surface area contributed by atoms with E-state index in [2.05, 4.69) is 62.6 Å². The van der Waals surface area contributed by atoms with E-state index in [4.69, 9.17) is 0 Å². The zero-order valence-electron chi connectivity index (χ0n) is 16.8. The first-order valence-corrected chi connectivity index (χ1v) is 10.2. The zero-order chi connectivity index (χ0) is 20.1. The van der Waals surface area contributed by atoms with Gasteiger partial charge < -0.3 is 0 Å². The van der Waals surface area contributed by atoms with E-state index in [1.165, 1.54) is 17.7 Å². The van der Waals surface area contributed by atoms with Crippen LogP contribution in [0.2, 0.25) is 0 Å². The van der Waals surface area contributed by atoms with Crippen molar-refractivity contribution in [2.24, 2.45) is 0 Å². The minimum atomic E-state index is -0.231. The lowest BCUT2D eigenvalue weighted by Gasteiger charge is -2.38. The van der Waals surface area contributed by atoms with Gasteiger partial charge in [-0.1, -0.05) is 49.4 Å². The molecule has 1 atom stereocenters. The van der Waals surface area contributed by atoms with Gasteiger partial charge in [-0.2, -0.15) is 0 Å². The number of halogens is 1. The molecule has 0 saturated carbocycles. The Balaban J connectivity index is 1.40. The van der Waals surface area contributed by atoms with Crippen LogP contribution in [0.3, 0.4) is 0 Å². The second-order valence-corrected chi connectivity index (χ2v) is 7.54. The van der Waals surface area contributed by atoms with Crippen molar-refractivity contribution < 1.29 is 4.39 Å². The molecular formula is C22H27FN6. The molecule has 1 unspecified atom stereocenters. The molecule has 1 aliphatic rings. The van der Waals surface area contributed by atoms with E-state index >= 15 is 0 Å². The molecule has 152 valence electrons. The monoisotopic (exact) mass is 394 g/mol. The van der Waals surface area contributed by atoms with Gasteiger partial charge in [0.05, 0.1) is 12.6 Å². The summed E-state index contributed by atoms with van der Waals surface area (Å²) in [6.07, 6.45) is 0.947. The van der Waals surface area contributed by atoms with E-state index in [9.17, 15) is 4.39 Å². The second kappa shape index (κ2) is 9.24. The van der Waals surface area contributed by atoms with Crippen LogP contribution in [0.4, 0.5) is 4.39 Å². The highest BCUT2D eigenvalue weighted by molar-refractivity contribution is 5.17. The number of tetrazole rings is 1. The van der Waals surface area contributed by atoms with Crippen LogP contribution in [0, 0.1) is 5.82 Å². The third kappa shape index (κ3) is 4.86. The summed E-state index contributed by atoms with van der Waals surface area (Å²) in [5.74, 6) is 0.652. The quantitative estimate of drug-likeness (QED) is 0.616. The molecule has 0 radical (unpaired) electrons. The van der Waals surface area contributed by atoms with Crippen LogP contribution < -0.4 is 0 Å². The van der Waals surface area contributed by atoms with E-state index in [0.29, 0.717) is 6.54 Å². The summed E-state index contributed by atoms with van der Waals surface area (Å²) in [6, 6.07) is 17.3. The van der Waals surface area contributed by atoms with E-state index in [0.717, 1.165) is 50.5 Å². The highest BCUT2D eigenvalue weighted by Gasteiger charge is 2.27. The van der Waals surface area contributed by atoms with Gasteiger partial charge in [0, 0.05) is 32.7 Å². The van der Waals surface area contributed by atoms with Gasteiger partial charge in [0.25, 0.3) is 0 Å². The first-order valence-electron chi connectivity index (χ1n) is 10.2. The molecule has 0 N–H and O–H groups in total. The van der Waals surface area contributed by atoms with Crippen LogP contribution in [0.5, 0.6) is 0 Å². The summed E-state index contributed by atoms with van der Waals surface area (Å²) in [5, 5.41) is 12.5. The van der Waals surface area contributed by atoms with Gasteiger partial charge in [-0.3, -0.25) is 9.80 Å². The first-order chi connectivity index (χ1) is 14.2. The Morgan fingerprint density at radius 2 is 1.59 bits per heavy atom. The Labute approximate surface area is 170 Å². The highest BCUT2D eigenvalue weighted by Crippen LogP contribution is 2.24. The van der Waals surface area contributed by atoms with Crippen molar-refractivity contribution in [2.75, 3.05) is 26.2 Å². The maximum Gasteiger partial charge on any atom is 0.168 e. The van der Waals surface area contributed by atoms with Crippen molar-refractivity contribution in [1.82, 2.24) is 30.0 Å². The number of rotatable bonds is 7. The molecule has 4 rings (SSSR count). The molecular weight excluding hydrogens is 367 g/mol. The summed E-state index contributed by atoms with van der Waals surface area (Å²) in [5.41, 5.74) is 2.35. The molecule has 7 heteroatoms. The number of hydrogen-bond acceptors (Lipinski definition) is 5. The topological polar surface area (TPSA) is 50.1 Å². The fourth-order valence-electron chi connectivity index (χ4n) is 4.00. The first kappa shape index (κ1) is 19.7. The SMILES string of the molecule is CCC(c1nnnn1Cc1ccc(F)cc1)N1CCN(Cc2ccccc2)CC1. The Hall–Kier alpha value is -2.64. The van der Waals surface area contributed by atoms with E-state index in [1.807, 2.05) is 4.68 Å². The fourth-order valence-corrected chi connectivity index (χ4v) is 4.00. The summed E-state index contributed by atoms with van der Waals surface area (Å²) >= 11 is 0. The van der Waals surface area contributed by atoms with Crippen LogP contribution >= 0.6 is 0 Å². The molecule has 1 saturated heterocycles. The van der Waals surface area contributed by atoms with Crippen molar-refractivity contribution in [2.45, 2.75) is 32.5 Å². The van der Waals surface area contributed by atoms with Gasteiger partial charge in [-0.15, -0.1) is 5.10 Å². The predicted molar refractivity (Wildman–Crippen MR) is 110 cm³/mol. The van der Waals surface area contributed by atoms with Crippen molar-refractivity contribution in [3.63, 3.8) is 0 Å². The van der Waals surface area contributed by atoms with Crippen LogP contribution in [0.1, 0.15) is 36.3 Å². The number of aromatic nitrogens is 4. The number of benzene rings is 2. The van der Waals surface area contributed by atoms with Crippen LogP contribution in [-0.4, -0.2) is 56.2 Å². The number of nitrogens with zero attached hydrogens (tertiary/aromatic N) is 6. The van der Waals surface area contributed by atoms with Gasteiger partial charge in [0.1, 0.15) is 5.82 Å². The highest BCUT2D eigenvalue weighted by atomic mass is 19.1. The Kier molecular flexibility index (Phi) is 6.27. The zero-order valence-corrected chi connectivity index (χ0v) is 16.8. The lowest BCUT2D eigenvalue weighted by atomic mass is 10.1. The standard InChI is InChI=1S/C22H27FN6/c1-2-21(22-24-25-26-29(22)17-19-8-10-20(23)11-9-19)28-14-12-27(13-15-28)16-18-6-4-3-5-7-18/h3-11,21H,2,12-17H2,1H3. The molecule has 1 aliphatic heterocycles. The molecule has 1 fully saturated rings. The summed E-state index contributed by atoms with van der Waals surface area (Å²) in [6.45, 7) is 7.78. The molecule has 29 heavy (non-hydrogen) atoms. The molecule has 2 aromatic carbocycles. The van der Waals surface area contributed by atoms with Gasteiger partial charge in [-0.05, 0) is 40.1 Å². The third-order valence-electron chi connectivity index (χ3n) is 5.59. The summed E-state index contributed by atoms with van der Waals surface area (Å²) in [7, 11) is 0. The van der Waals surface area contributed by atoms with E-state index in [1.54, 1.807) is 12.1 Å². The molecule has 0 amide bonds. The lowest BCUT2D eigenvalue weighted by Crippen LogP contribution is -2.47. The number of piperazine rings is 1. The molecule has 0 bridgehead atoms. The van der Waals surface area contributed by atoms with Crippen molar-refractivity contribution in [3.05, 3.63) is 77.4 Å². The fraction of sp³-hybridized carbons (Fsp3) is 0.409. The normalized spacial score (nSPS) is 16.8. The third-order valence-corrected chi connectivity index (χ3v) is 5.59. The number of hydrogen-bond donors (Lipinski definition) is 0. The lowest BCUT2D eigenvalue weighted by molar-refractivity contribution is 0.0844. The maximum atomic E-state index is 13.2. The van der Waals surface area contributed by atoms with Crippen LogP contribution in [0.25, 0.3) is 0 Å². The minimum Gasteiger partial charge on any atom is -0.297 e. The Morgan fingerprint density at radius 3 is 2.28 bits per heavy atom. The largest absolute Gasteiger partial charge is 0.297 e. The van der Waals surface area contributed by atoms with Crippen LogP contribution in [0.15, 0.2) is 54.6 Å². The average Bonchev–Trinajstić information content (AvgIpc) is 3.20. The average molecular weight is 394 g/mol. The van der Waals surface area contributed by atoms with E-state index in [-0.39, 0.29) is 11.9 Å². The van der Waals surface area contributed by atoms with Crippen LogP contribution in [-0.2, 0) is 13.1 Å². The van der Waals surface area contributed by atoms with Crippen molar-refractivity contribution >= 4 is 0 Å². The Morgan fingerprint density at radius 1 is 0.897 bits per heavy atom. The molecule has 6 nitrogen and oxygen atoms in total. The molecule has 0 aliphatic carbocycles. The molecule has 2 heterocycles. The second-order valence-electron chi connectivity index (χ2n) is 7.54. The summed E-state index contributed by atoms with van der Waals surface area (Å²) in [4.78, 5) is 4.98. The van der Waals surface area contributed by atoms with Gasteiger partial charge >= 0.3 is 0 Å². The van der Waals surface area contributed by atoms with Gasteiger partial charge in [0.15, 0.2) is 5.82 Å². The van der Waals surface area contributed by atoms with Gasteiger partial charge in [0.2, 0.25) is 0 Å². The summed E-state index contributed by atoms with van der Waals surface area (Å²) < 4.78 is 15.0. The maximum absolute atomic E-state index is 13.2. The van der Waals surface area contributed by atoms with Crippen molar-refractivity contribution in [1.29, 1.82) is 0 Å². The molecule has 3 aromatic rings. The smallest absolute Gasteiger partial charge is 0.168 e. The Bertz CT molecular complexity index is 887.